The third-order valence-corrected chi connectivity index (χ3v) is 2.48. The van der Waals surface area contributed by atoms with E-state index in [2.05, 4.69) is 9.97 Å². The van der Waals surface area contributed by atoms with Crippen LogP contribution in [0.2, 0.25) is 0 Å². The molecule has 0 amide bonds. The molecule has 1 atom stereocenters. The number of rotatable bonds is 4. The lowest BCUT2D eigenvalue weighted by Gasteiger charge is -2.08. The number of aryl methyl sites for hydroxylation is 1. The topological polar surface area (TPSA) is 82.0 Å². The Bertz CT molecular complexity index is 507. The molecule has 2 aromatic rings. The molecule has 0 radical (unpaired) electrons. The number of Topliss-reactive ketones (excluding diaryl/α,β-unsaturated/α-hetero) is 1. The molecule has 5 heteroatoms. The van der Waals surface area contributed by atoms with Crippen molar-refractivity contribution in [3.63, 3.8) is 0 Å². The highest BCUT2D eigenvalue weighted by atomic mass is 16.3. The highest BCUT2D eigenvalue weighted by Crippen LogP contribution is 2.10. The molecule has 2 rings (SSSR count). The van der Waals surface area contributed by atoms with Crippen LogP contribution in [0.4, 0.5) is 0 Å². The van der Waals surface area contributed by atoms with Crippen LogP contribution in [0.5, 0.6) is 0 Å². The SMILES string of the molecule is Cc1ncoc1C(=O)C(N)Cc1cccnc1. The summed E-state index contributed by atoms with van der Waals surface area (Å²) in [6.07, 6.45) is 5.06. The van der Waals surface area contributed by atoms with Crippen molar-refractivity contribution in [3.05, 3.63) is 47.9 Å². The number of oxazole rings is 1. The molecule has 0 aromatic carbocycles. The van der Waals surface area contributed by atoms with Gasteiger partial charge in [-0.3, -0.25) is 9.78 Å². The summed E-state index contributed by atoms with van der Waals surface area (Å²) in [4.78, 5) is 19.8. The lowest BCUT2D eigenvalue weighted by Crippen LogP contribution is -2.33. The Morgan fingerprint density at radius 1 is 1.59 bits per heavy atom. The molecule has 1 unspecified atom stereocenters. The Hall–Kier alpha value is -2.01. The minimum atomic E-state index is -0.633. The fourth-order valence-electron chi connectivity index (χ4n) is 1.57. The lowest BCUT2D eigenvalue weighted by molar-refractivity contribution is 0.0932. The van der Waals surface area contributed by atoms with Gasteiger partial charge in [-0.2, -0.15) is 0 Å². The lowest BCUT2D eigenvalue weighted by atomic mass is 10.0. The molecule has 88 valence electrons. The Labute approximate surface area is 98.7 Å². The van der Waals surface area contributed by atoms with Crippen molar-refractivity contribution in [2.45, 2.75) is 19.4 Å². The molecule has 0 aliphatic carbocycles. The van der Waals surface area contributed by atoms with Crippen LogP contribution in [0.3, 0.4) is 0 Å². The first-order chi connectivity index (χ1) is 8.18. The molecule has 0 aliphatic heterocycles. The van der Waals surface area contributed by atoms with E-state index in [1.54, 1.807) is 19.3 Å². The average molecular weight is 231 g/mol. The molecule has 0 saturated carbocycles. The predicted molar refractivity (Wildman–Crippen MR) is 61.5 cm³/mol. The molecule has 5 nitrogen and oxygen atoms in total. The van der Waals surface area contributed by atoms with Crippen LogP contribution >= 0.6 is 0 Å². The Kier molecular flexibility index (Phi) is 3.30. The monoisotopic (exact) mass is 231 g/mol. The van der Waals surface area contributed by atoms with Gasteiger partial charge in [0.2, 0.25) is 5.78 Å². The number of hydrogen-bond donors (Lipinski definition) is 1. The van der Waals surface area contributed by atoms with Gasteiger partial charge in [0.25, 0.3) is 0 Å². The predicted octanol–water partition coefficient (Wildman–Crippen LogP) is 1.13. The molecular weight excluding hydrogens is 218 g/mol. The van der Waals surface area contributed by atoms with Gasteiger partial charge in [0.15, 0.2) is 12.2 Å². The van der Waals surface area contributed by atoms with Gasteiger partial charge in [-0.1, -0.05) is 6.07 Å². The zero-order valence-corrected chi connectivity index (χ0v) is 9.46. The van der Waals surface area contributed by atoms with E-state index in [-0.39, 0.29) is 11.5 Å². The van der Waals surface area contributed by atoms with Gasteiger partial charge in [-0.25, -0.2) is 4.98 Å². The second kappa shape index (κ2) is 4.88. The average Bonchev–Trinajstić information content (AvgIpc) is 2.76. The first kappa shape index (κ1) is 11.5. The number of ketones is 1. The van der Waals surface area contributed by atoms with Crippen molar-refractivity contribution < 1.29 is 9.21 Å². The third kappa shape index (κ3) is 2.57. The maximum atomic E-state index is 12.0. The molecule has 0 fully saturated rings. The molecule has 0 spiro atoms. The summed E-state index contributed by atoms with van der Waals surface area (Å²) in [5.74, 6) is 0.00485. The highest BCUT2D eigenvalue weighted by molar-refractivity contribution is 5.98. The Morgan fingerprint density at radius 3 is 3.00 bits per heavy atom. The fraction of sp³-hybridized carbons (Fsp3) is 0.250. The van der Waals surface area contributed by atoms with Crippen molar-refractivity contribution in [3.8, 4) is 0 Å². The number of aromatic nitrogens is 2. The van der Waals surface area contributed by atoms with Gasteiger partial charge in [-0.05, 0) is 25.0 Å². The number of nitrogens with two attached hydrogens (primary N) is 1. The van der Waals surface area contributed by atoms with E-state index in [1.807, 2.05) is 12.1 Å². The number of hydrogen-bond acceptors (Lipinski definition) is 5. The van der Waals surface area contributed by atoms with Crippen molar-refractivity contribution in [2.75, 3.05) is 0 Å². The summed E-state index contributed by atoms with van der Waals surface area (Å²) in [5.41, 5.74) is 7.33. The van der Waals surface area contributed by atoms with Crippen LogP contribution in [-0.2, 0) is 6.42 Å². The summed E-state index contributed by atoms with van der Waals surface area (Å²) in [7, 11) is 0. The first-order valence-electron chi connectivity index (χ1n) is 5.27. The number of carbonyl (C=O) groups is 1. The zero-order chi connectivity index (χ0) is 12.3. The van der Waals surface area contributed by atoms with Gasteiger partial charge >= 0.3 is 0 Å². The number of carbonyl (C=O) groups excluding carboxylic acids is 1. The van der Waals surface area contributed by atoms with E-state index in [0.29, 0.717) is 12.1 Å². The van der Waals surface area contributed by atoms with Crippen LogP contribution < -0.4 is 5.73 Å². The minimum Gasteiger partial charge on any atom is -0.440 e. The summed E-state index contributed by atoms with van der Waals surface area (Å²) < 4.78 is 5.03. The quantitative estimate of drug-likeness (QED) is 0.797. The molecule has 2 N–H and O–H groups in total. The maximum Gasteiger partial charge on any atom is 0.216 e. The first-order valence-corrected chi connectivity index (χ1v) is 5.27. The summed E-state index contributed by atoms with van der Waals surface area (Å²) in [6, 6.07) is 3.06. The summed E-state index contributed by atoms with van der Waals surface area (Å²) in [5, 5.41) is 0. The normalized spacial score (nSPS) is 12.4. The minimum absolute atomic E-state index is 0.233. The maximum absolute atomic E-state index is 12.0. The number of pyridine rings is 1. The summed E-state index contributed by atoms with van der Waals surface area (Å²) in [6.45, 7) is 1.72. The van der Waals surface area contributed by atoms with Gasteiger partial charge in [0, 0.05) is 12.4 Å². The van der Waals surface area contributed by atoms with Crippen LogP contribution in [-0.4, -0.2) is 21.8 Å². The second-order valence-electron chi connectivity index (χ2n) is 3.80. The molecular formula is C12H13N3O2. The van der Waals surface area contributed by atoms with E-state index in [4.69, 9.17) is 10.2 Å². The smallest absolute Gasteiger partial charge is 0.216 e. The third-order valence-electron chi connectivity index (χ3n) is 2.48. The van der Waals surface area contributed by atoms with Crippen molar-refractivity contribution in [1.29, 1.82) is 0 Å². The van der Waals surface area contributed by atoms with Crippen LogP contribution in [0.25, 0.3) is 0 Å². The van der Waals surface area contributed by atoms with Crippen LogP contribution in [0.15, 0.2) is 35.3 Å². The molecule has 17 heavy (non-hydrogen) atoms. The van der Waals surface area contributed by atoms with Crippen LogP contribution in [0, 0.1) is 6.92 Å². The second-order valence-corrected chi connectivity index (χ2v) is 3.80. The Balaban J connectivity index is 2.09. The highest BCUT2D eigenvalue weighted by Gasteiger charge is 2.21. The molecule has 2 aromatic heterocycles. The van der Waals surface area contributed by atoms with Gasteiger partial charge in [-0.15, -0.1) is 0 Å². The van der Waals surface area contributed by atoms with E-state index in [1.165, 1.54) is 6.39 Å². The van der Waals surface area contributed by atoms with Gasteiger partial charge in [0.05, 0.1) is 11.7 Å². The number of nitrogens with zero attached hydrogens (tertiary/aromatic N) is 2. The molecule has 0 saturated heterocycles. The summed E-state index contributed by atoms with van der Waals surface area (Å²) >= 11 is 0. The fourth-order valence-corrected chi connectivity index (χ4v) is 1.57. The standard InChI is InChI=1S/C12H13N3O2/c1-8-12(17-7-15-8)11(16)10(13)5-9-3-2-4-14-6-9/h2-4,6-7,10H,5,13H2,1H3. The van der Waals surface area contributed by atoms with E-state index in [0.717, 1.165) is 5.56 Å². The van der Waals surface area contributed by atoms with Crippen LogP contribution in [0.1, 0.15) is 21.8 Å². The van der Waals surface area contributed by atoms with E-state index < -0.39 is 6.04 Å². The van der Waals surface area contributed by atoms with Crippen molar-refractivity contribution in [2.24, 2.45) is 5.73 Å². The van der Waals surface area contributed by atoms with Crippen molar-refractivity contribution >= 4 is 5.78 Å². The zero-order valence-electron chi connectivity index (χ0n) is 9.46. The van der Waals surface area contributed by atoms with E-state index in [9.17, 15) is 4.79 Å². The molecule has 0 bridgehead atoms. The van der Waals surface area contributed by atoms with Gasteiger partial charge < -0.3 is 10.2 Å². The largest absolute Gasteiger partial charge is 0.440 e. The molecule has 2 heterocycles. The van der Waals surface area contributed by atoms with Crippen molar-refractivity contribution in [1.82, 2.24) is 9.97 Å². The van der Waals surface area contributed by atoms with Gasteiger partial charge in [0.1, 0.15) is 0 Å². The van der Waals surface area contributed by atoms with E-state index >= 15 is 0 Å². The Morgan fingerprint density at radius 2 is 2.41 bits per heavy atom. The molecule has 0 aliphatic rings.